The van der Waals surface area contributed by atoms with Gasteiger partial charge in [0.15, 0.2) is 0 Å². The first-order chi connectivity index (χ1) is 10.1. The Morgan fingerprint density at radius 2 is 1.86 bits per heavy atom. The molecule has 1 aromatic heterocycles. The second kappa shape index (κ2) is 5.55. The Hall–Kier alpha value is -1.77. The molecule has 0 atom stereocenters. The van der Waals surface area contributed by atoms with Gasteiger partial charge >= 0.3 is 0 Å². The number of rotatable bonds is 3. The first-order valence-electron chi connectivity index (χ1n) is 7.96. The minimum atomic E-state index is -0.127. The van der Waals surface area contributed by atoms with E-state index in [2.05, 4.69) is 48.9 Å². The van der Waals surface area contributed by atoms with Gasteiger partial charge in [-0.3, -0.25) is 4.79 Å². The van der Waals surface area contributed by atoms with Crippen LogP contribution >= 0.6 is 0 Å². The predicted molar refractivity (Wildman–Crippen MR) is 86.2 cm³/mol. The van der Waals surface area contributed by atoms with E-state index in [4.69, 9.17) is 5.73 Å². The van der Waals surface area contributed by atoms with Crippen molar-refractivity contribution in [1.29, 1.82) is 0 Å². The Morgan fingerprint density at radius 1 is 1.19 bits per heavy atom. The van der Waals surface area contributed by atoms with Gasteiger partial charge in [-0.2, -0.15) is 0 Å². The third kappa shape index (κ3) is 2.57. The van der Waals surface area contributed by atoms with Gasteiger partial charge in [0, 0.05) is 29.1 Å². The molecule has 2 N–H and O–H groups in total. The summed E-state index contributed by atoms with van der Waals surface area (Å²) in [5.74, 6) is 0.517. The largest absolute Gasteiger partial charge is 0.369 e. The maximum atomic E-state index is 11.3. The maximum Gasteiger partial charge on any atom is 0.220 e. The van der Waals surface area contributed by atoms with Crippen LogP contribution in [0, 0.1) is 5.92 Å². The van der Waals surface area contributed by atoms with Crippen LogP contribution in [0.2, 0.25) is 0 Å². The number of primary amides is 1. The van der Waals surface area contributed by atoms with Crippen molar-refractivity contribution in [2.75, 3.05) is 0 Å². The normalized spacial score (nSPS) is 22.8. The Balaban J connectivity index is 1.93. The third-order valence-corrected chi connectivity index (χ3v) is 4.90. The molecule has 3 heteroatoms. The number of hydrogen-bond donors (Lipinski definition) is 1. The second-order valence-electron chi connectivity index (χ2n) is 6.55. The van der Waals surface area contributed by atoms with E-state index in [1.54, 1.807) is 0 Å². The molecule has 1 heterocycles. The maximum absolute atomic E-state index is 11.3. The minimum Gasteiger partial charge on any atom is -0.369 e. The molecule has 112 valence electrons. The molecule has 0 aliphatic heterocycles. The van der Waals surface area contributed by atoms with Crippen LogP contribution in [0.25, 0.3) is 10.9 Å². The number of amides is 1. The molecule has 2 aromatic rings. The SMILES string of the molecule is CC(C)n1cc(C2CCC(C(N)=O)CC2)c2ccccc21. The summed E-state index contributed by atoms with van der Waals surface area (Å²) >= 11 is 0. The van der Waals surface area contributed by atoms with Crippen LogP contribution in [-0.2, 0) is 4.79 Å². The molecule has 21 heavy (non-hydrogen) atoms. The van der Waals surface area contributed by atoms with Crippen LogP contribution in [0.15, 0.2) is 30.5 Å². The highest BCUT2D eigenvalue weighted by molar-refractivity contribution is 5.84. The summed E-state index contributed by atoms with van der Waals surface area (Å²) in [6, 6.07) is 9.11. The molecule has 1 aliphatic rings. The zero-order chi connectivity index (χ0) is 15.0. The highest BCUT2D eigenvalue weighted by Gasteiger charge is 2.27. The highest BCUT2D eigenvalue weighted by atomic mass is 16.1. The summed E-state index contributed by atoms with van der Waals surface area (Å²) in [5, 5.41) is 1.37. The van der Waals surface area contributed by atoms with Crippen molar-refractivity contribution in [1.82, 2.24) is 4.57 Å². The number of carbonyl (C=O) groups is 1. The van der Waals surface area contributed by atoms with Gasteiger partial charge in [0.25, 0.3) is 0 Å². The van der Waals surface area contributed by atoms with Gasteiger partial charge in [-0.1, -0.05) is 18.2 Å². The van der Waals surface area contributed by atoms with Gasteiger partial charge < -0.3 is 10.3 Å². The Kier molecular flexibility index (Phi) is 3.75. The van der Waals surface area contributed by atoms with Gasteiger partial charge in [0.05, 0.1) is 0 Å². The van der Waals surface area contributed by atoms with Crippen LogP contribution < -0.4 is 5.73 Å². The van der Waals surface area contributed by atoms with E-state index in [1.807, 2.05) is 0 Å². The van der Waals surface area contributed by atoms with Gasteiger partial charge in [-0.05, 0) is 57.1 Å². The van der Waals surface area contributed by atoms with Crippen molar-refractivity contribution in [3.63, 3.8) is 0 Å². The molecule has 0 radical (unpaired) electrons. The van der Waals surface area contributed by atoms with E-state index < -0.39 is 0 Å². The monoisotopic (exact) mass is 284 g/mol. The lowest BCUT2D eigenvalue weighted by atomic mass is 9.78. The van der Waals surface area contributed by atoms with Gasteiger partial charge in [-0.15, -0.1) is 0 Å². The molecule has 1 aromatic carbocycles. The van der Waals surface area contributed by atoms with E-state index in [9.17, 15) is 4.79 Å². The fourth-order valence-electron chi connectivity index (χ4n) is 3.67. The Morgan fingerprint density at radius 3 is 2.48 bits per heavy atom. The van der Waals surface area contributed by atoms with Crippen LogP contribution in [0.4, 0.5) is 0 Å². The first-order valence-corrected chi connectivity index (χ1v) is 7.96. The number of fused-ring (bicyclic) bond motifs is 1. The number of hydrogen-bond acceptors (Lipinski definition) is 1. The average molecular weight is 284 g/mol. The van der Waals surface area contributed by atoms with Crippen molar-refractivity contribution in [3.8, 4) is 0 Å². The fraction of sp³-hybridized carbons (Fsp3) is 0.500. The number of benzene rings is 1. The molecule has 1 amide bonds. The zero-order valence-corrected chi connectivity index (χ0v) is 12.9. The molecule has 3 nitrogen and oxygen atoms in total. The van der Waals surface area contributed by atoms with Crippen molar-refractivity contribution in [2.24, 2.45) is 11.7 Å². The molecule has 0 saturated heterocycles. The molecule has 0 unspecified atom stereocenters. The molecular weight excluding hydrogens is 260 g/mol. The van der Waals surface area contributed by atoms with Gasteiger partial charge in [0.1, 0.15) is 0 Å². The Bertz CT molecular complexity index is 648. The summed E-state index contributed by atoms with van der Waals surface area (Å²) < 4.78 is 2.37. The van der Waals surface area contributed by atoms with E-state index in [0.29, 0.717) is 12.0 Å². The number of nitrogens with two attached hydrogens (primary N) is 1. The Labute approximate surface area is 126 Å². The van der Waals surface area contributed by atoms with E-state index >= 15 is 0 Å². The lowest BCUT2D eigenvalue weighted by molar-refractivity contribution is -0.122. The molecule has 3 rings (SSSR count). The van der Waals surface area contributed by atoms with Crippen molar-refractivity contribution < 1.29 is 4.79 Å². The van der Waals surface area contributed by atoms with Crippen LogP contribution in [-0.4, -0.2) is 10.5 Å². The summed E-state index contributed by atoms with van der Waals surface area (Å²) in [5.41, 5.74) is 8.21. The van der Waals surface area contributed by atoms with Crippen molar-refractivity contribution >= 4 is 16.8 Å². The summed E-state index contributed by atoms with van der Waals surface area (Å²) in [6.07, 6.45) is 6.33. The molecule has 1 aliphatic carbocycles. The van der Waals surface area contributed by atoms with E-state index in [1.165, 1.54) is 16.5 Å². The molecular formula is C18H24N2O. The lowest BCUT2D eigenvalue weighted by Gasteiger charge is -2.26. The molecule has 0 bridgehead atoms. The van der Waals surface area contributed by atoms with Crippen LogP contribution in [0.1, 0.15) is 57.1 Å². The quantitative estimate of drug-likeness (QED) is 0.910. The van der Waals surface area contributed by atoms with E-state index in [-0.39, 0.29) is 11.8 Å². The second-order valence-corrected chi connectivity index (χ2v) is 6.55. The molecule has 1 saturated carbocycles. The van der Waals surface area contributed by atoms with Crippen molar-refractivity contribution in [2.45, 2.75) is 51.5 Å². The van der Waals surface area contributed by atoms with Crippen LogP contribution in [0.5, 0.6) is 0 Å². The third-order valence-electron chi connectivity index (χ3n) is 4.90. The molecule has 0 spiro atoms. The average Bonchev–Trinajstić information content (AvgIpc) is 2.87. The number of nitrogens with zero attached hydrogens (tertiary/aromatic N) is 1. The van der Waals surface area contributed by atoms with Gasteiger partial charge in [-0.25, -0.2) is 0 Å². The standard InChI is InChI=1S/C18H24N2O/c1-12(2)20-11-16(15-5-3-4-6-17(15)20)13-7-9-14(10-8-13)18(19)21/h3-6,11-14H,7-10H2,1-2H3,(H2,19,21). The lowest BCUT2D eigenvalue weighted by Crippen LogP contribution is -2.27. The van der Waals surface area contributed by atoms with Crippen LogP contribution in [0.3, 0.4) is 0 Å². The number of carbonyl (C=O) groups excluding carboxylic acids is 1. The summed E-state index contributed by atoms with van der Waals surface area (Å²) in [7, 11) is 0. The van der Waals surface area contributed by atoms with Crippen molar-refractivity contribution in [3.05, 3.63) is 36.0 Å². The summed E-state index contributed by atoms with van der Waals surface area (Å²) in [6.45, 7) is 4.44. The predicted octanol–water partition coefficient (Wildman–Crippen LogP) is 3.98. The highest BCUT2D eigenvalue weighted by Crippen LogP contribution is 2.39. The van der Waals surface area contributed by atoms with Gasteiger partial charge in [0.2, 0.25) is 5.91 Å². The first kappa shape index (κ1) is 14.2. The molecule has 1 fully saturated rings. The number of para-hydroxylation sites is 1. The number of aromatic nitrogens is 1. The zero-order valence-electron chi connectivity index (χ0n) is 12.9. The summed E-state index contributed by atoms with van der Waals surface area (Å²) in [4.78, 5) is 11.3. The van der Waals surface area contributed by atoms with E-state index in [0.717, 1.165) is 25.7 Å². The topological polar surface area (TPSA) is 48.0 Å². The smallest absolute Gasteiger partial charge is 0.220 e. The minimum absolute atomic E-state index is 0.0831. The fourth-order valence-corrected chi connectivity index (χ4v) is 3.67.